The number of methoxy groups -OCH3 is 1. The Bertz CT molecular complexity index is 1320. The van der Waals surface area contributed by atoms with Gasteiger partial charge in [-0.05, 0) is 105 Å². The molecule has 6 aliphatic rings. The van der Waals surface area contributed by atoms with Crippen LogP contribution in [0.3, 0.4) is 0 Å². The normalized spacial score (nSPS) is 40.4. The van der Waals surface area contributed by atoms with Crippen molar-refractivity contribution in [3.63, 3.8) is 0 Å². The average Bonchev–Trinajstić information content (AvgIpc) is 3.48. The maximum atomic E-state index is 12.2. The number of carbonyl (C=O) groups is 1. The highest BCUT2D eigenvalue weighted by Crippen LogP contribution is 2.66. The maximum absolute atomic E-state index is 12.2. The molecular weight excluding hydrogens is 490 g/mol. The zero-order chi connectivity index (χ0) is 27.2. The number of ether oxygens (including phenoxy) is 3. The summed E-state index contributed by atoms with van der Waals surface area (Å²) in [5.41, 5.74) is 2.87. The third kappa shape index (κ3) is 3.79. The van der Waals surface area contributed by atoms with Gasteiger partial charge >= 0.3 is 0 Å². The molecule has 0 saturated heterocycles. The van der Waals surface area contributed by atoms with Crippen LogP contribution in [-0.2, 0) is 11.2 Å². The number of likely N-dealkylation sites (N-methyl/N-ethyl adjacent to an activating group) is 1. The van der Waals surface area contributed by atoms with E-state index in [4.69, 9.17) is 14.2 Å². The fourth-order valence-corrected chi connectivity index (χ4v) is 9.59. The number of benzene rings is 1. The molecule has 1 aromatic carbocycles. The summed E-state index contributed by atoms with van der Waals surface area (Å²) in [6.07, 6.45) is 10.5. The smallest absolute Gasteiger partial charge is 0.231 e. The van der Waals surface area contributed by atoms with E-state index in [0.29, 0.717) is 41.5 Å². The minimum atomic E-state index is -0.990. The first kappa shape index (κ1) is 25.5. The van der Waals surface area contributed by atoms with Gasteiger partial charge in [0.15, 0.2) is 17.3 Å². The first-order valence-electron chi connectivity index (χ1n) is 14.8. The van der Waals surface area contributed by atoms with Crippen molar-refractivity contribution in [3.05, 3.63) is 28.8 Å². The number of carbonyl (C=O) groups excluding carboxylic acids is 1. The molecule has 0 bridgehead atoms. The van der Waals surface area contributed by atoms with Crippen molar-refractivity contribution in [2.75, 3.05) is 27.5 Å². The predicted molar refractivity (Wildman–Crippen MR) is 148 cm³/mol. The number of hydrogen-bond donors (Lipinski definition) is 1. The Balaban J connectivity index is 1.19. The van der Waals surface area contributed by atoms with E-state index in [1.54, 1.807) is 7.11 Å². The lowest BCUT2D eigenvalue weighted by Gasteiger charge is -2.57. The van der Waals surface area contributed by atoms with Gasteiger partial charge in [-0.1, -0.05) is 31.3 Å². The molecule has 6 nitrogen and oxygen atoms in total. The van der Waals surface area contributed by atoms with E-state index in [9.17, 15) is 9.90 Å². The second kappa shape index (κ2) is 8.75. The Kier molecular flexibility index (Phi) is 5.72. The van der Waals surface area contributed by atoms with Crippen LogP contribution < -0.4 is 14.2 Å². The molecule has 2 aliphatic heterocycles. The zero-order valence-corrected chi connectivity index (χ0v) is 23.8. The summed E-state index contributed by atoms with van der Waals surface area (Å²) in [5, 5.41) is 12.0. The van der Waals surface area contributed by atoms with Crippen LogP contribution in [0.5, 0.6) is 17.2 Å². The van der Waals surface area contributed by atoms with Crippen LogP contribution in [-0.4, -0.2) is 48.9 Å². The van der Waals surface area contributed by atoms with Crippen molar-refractivity contribution >= 4 is 5.78 Å². The molecule has 3 saturated carbocycles. The van der Waals surface area contributed by atoms with Gasteiger partial charge in [0.2, 0.25) is 12.5 Å². The lowest BCUT2D eigenvalue weighted by atomic mass is 9.47. The fraction of sp³-hybridized carbons (Fsp3) is 0.667. The molecule has 0 spiro atoms. The number of ketones is 1. The lowest BCUT2D eigenvalue weighted by molar-refractivity contribution is -0.117. The van der Waals surface area contributed by atoms with Crippen molar-refractivity contribution in [3.8, 4) is 29.1 Å². The number of fused-ring (bicyclic) bond motifs is 7. The Morgan fingerprint density at radius 2 is 1.97 bits per heavy atom. The summed E-state index contributed by atoms with van der Waals surface area (Å²) in [6, 6.07) is 1.90. The van der Waals surface area contributed by atoms with E-state index in [1.807, 2.05) is 6.08 Å². The summed E-state index contributed by atoms with van der Waals surface area (Å²) in [7, 11) is 3.77. The van der Waals surface area contributed by atoms with Gasteiger partial charge in [0.25, 0.3) is 0 Å². The van der Waals surface area contributed by atoms with Crippen molar-refractivity contribution in [2.24, 2.45) is 28.6 Å². The van der Waals surface area contributed by atoms with Gasteiger partial charge in [-0.3, -0.25) is 9.69 Å². The number of rotatable bonds is 1. The molecular formula is C33H41NO5. The van der Waals surface area contributed by atoms with Crippen LogP contribution in [0.4, 0.5) is 0 Å². The van der Waals surface area contributed by atoms with Crippen molar-refractivity contribution < 1.29 is 24.1 Å². The quantitative estimate of drug-likeness (QED) is 0.502. The third-order valence-corrected chi connectivity index (χ3v) is 11.6. The van der Waals surface area contributed by atoms with E-state index in [0.717, 1.165) is 62.8 Å². The molecule has 2 heterocycles. The molecule has 3 fully saturated rings. The van der Waals surface area contributed by atoms with E-state index in [1.165, 1.54) is 17.6 Å². The van der Waals surface area contributed by atoms with Crippen molar-refractivity contribution in [1.29, 1.82) is 0 Å². The molecule has 1 N–H and O–H groups in total. The third-order valence-electron chi connectivity index (χ3n) is 11.6. The van der Waals surface area contributed by atoms with Crippen LogP contribution in [0.1, 0.15) is 82.4 Å². The van der Waals surface area contributed by atoms with Crippen LogP contribution in [0.25, 0.3) is 0 Å². The Labute approximate surface area is 232 Å². The monoisotopic (exact) mass is 531 g/mol. The Morgan fingerprint density at radius 3 is 2.79 bits per heavy atom. The molecule has 208 valence electrons. The second-order valence-electron chi connectivity index (χ2n) is 13.7. The highest BCUT2D eigenvalue weighted by molar-refractivity contribution is 5.91. The van der Waals surface area contributed by atoms with Gasteiger partial charge in [0.1, 0.15) is 11.6 Å². The summed E-state index contributed by atoms with van der Waals surface area (Å²) in [5.74, 6) is 11.1. The summed E-state index contributed by atoms with van der Waals surface area (Å²) < 4.78 is 17.3. The van der Waals surface area contributed by atoms with Gasteiger partial charge in [0, 0.05) is 18.5 Å². The number of allylic oxidation sites excluding steroid dienone is 1. The number of hydrogen-bond acceptors (Lipinski definition) is 6. The molecule has 0 radical (unpaired) electrons. The second-order valence-corrected chi connectivity index (χ2v) is 13.7. The maximum Gasteiger partial charge on any atom is 0.231 e. The molecule has 39 heavy (non-hydrogen) atoms. The first-order valence-corrected chi connectivity index (χ1v) is 14.8. The van der Waals surface area contributed by atoms with E-state index in [-0.39, 0.29) is 23.7 Å². The largest absolute Gasteiger partial charge is 0.492 e. The van der Waals surface area contributed by atoms with Gasteiger partial charge in [0.05, 0.1) is 7.11 Å². The standard InChI is InChI=1S/C33H41NO5/c1-31-11-8-24-23(6-5-21-16-22(35)7-12-32(21,24)2)25(31)17-33(36,18-31)13-9-26-28-20(10-14-34(26)3)15-27-29(30(28)37-4)39-19-38-27/h15-16,23-26,36H,5-8,10-12,14,17-19H2,1-4H3/t23-,24+,25+,26+,31+,32-,33-/m0/s1. The van der Waals surface area contributed by atoms with Crippen LogP contribution in [0.15, 0.2) is 17.7 Å². The first-order chi connectivity index (χ1) is 18.6. The summed E-state index contributed by atoms with van der Waals surface area (Å²) >= 11 is 0. The predicted octanol–water partition coefficient (Wildman–Crippen LogP) is 5.22. The van der Waals surface area contributed by atoms with E-state index >= 15 is 0 Å². The molecule has 7 rings (SSSR count). The lowest BCUT2D eigenvalue weighted by Crippen LogP contribution is -2.49. The van der Waals surface area contributed by atoms with Crippen LogP contribution in [0, 0.1) is 40.4 Å². The molecule has 4 aliphatic carbocycles. The molecule has 6 heteroatoms. The zero-order valence-electron chi connectivity index (χ0n) is 23.8. The van der Waals surface area contributed by atoms with E-state index < -0.39 is 5.60 Å². The SMILES string of the molecule is COc1c2c(cc3c1[C@@H](C#C[C@]1(O)C[C@@H]4[C@H]5CCC6=CC(=O)CC[C@]6(C)[C@@H]5CC[C@]4(C)C1)N(C)CC3)OCO2. The minimum absolute atomic E-state index is 0.104. The van der Waals surface area contributed by atoms with Crippen LogP contribution in [0.2, 0.25) is 0 Å². The molecule has 0 amide bonds. The molecule has 0 aromatic heterocycles. The number of nitrogens with zero attached hydrogens (tertiary/aromatic N) is 1. The van der Waals surface area contributed by atoms with Gasteiger partial charge in [-0.25, -0.2) is 0 Å². The average molecular weight is 532 g/mol. The van der Waals surface area contributed by atoms with E-state index in [2.05, 4.69) is 43.7 Å². The summed E-state index contributed by atoms with van der Waals surface area (Å²) in [6.45, 7) is 5.90. The van der Waals surface area contributed by atoms with Gasteiger partial charge in [-0.15, -0.1) is 0 Å². The van der Waals surface area contributed by atoms with Gasteiger partial charge < -0.3 is 19.3 Å². The van der Waals surface area contributed by atoms with Crippen LogP contribution >= 0.6 is 0 Å². The Hall–Kier alpha value is -2.49. The van der Waals surface area contributed by atoms with Gasteiger partial charge in [-0.2, -0.15) is 0 Å². The molecule has 0 unspecified atom stereocenters. The highest BCUT2D eigenvalue weighted by Gasteiger charge is 2.60. The number of aliphatic hydroxyl groups is 1. The highest BCUT2D eigenvalue weighted by atomic mass is 16.7. The fourth-order valence-electron chi connectivity index (χ4n) is 9.59. The van der Waals surface area contributed by atoms with Crippen molar-refractivity contribution in [2.45, 2.75) is 83.3 Å². The molecule has 7 atom stereocenters. The Morgan fingerprint density at radius 1 is 1.13 bits per heavy atom. The minimum Gasteiger partial charge on any atom is -0.492 e. The summed E-state index contributed by atoms with van der Waals surface area (Å²) in [4.78, 5) is 14.4. The molecule has 1 aromatic rings. The topological polar surface area (TPSA) is 68.2 Å². The van der Waals surface area contributed by atoms with Crippen molar-refractivity contribution in [1.82, 2.24) is 4.90 Å².